The van der Waals surface area contributed by atoms with Gasteiger partial charge in [0.15, 0.2) is 11.6 Å². The molecule has 1 N–H and O–H groups in total. The summed E-state index contributed by atoms with van der Waals surface area (Å²) in [5, 5.41) is 10.8. The number of hydrogen-bond donors (Lipinski definition) is 1. The van der Waals surface area contributed by atoms with Crippen molar-refractivity contribution >= 4 is 17.4 Å². The lowest BCUT2D eigenvalue weighted by molar-refractivity contribution is -0.135. The van der Waals surface area contributed by atoms with Crippen molar-refractivity contribution in [3.63, 3.8) is 0 Å². The van der Waals surface area contributed by atoms with Gasteiger partial charge < -0.3 is 28.9 Å². The first-order valence-electron chi connectivity index (χ1n) is 10.1. The van der Waals surface area contributed by atoms with Crippen molar-refractivity contribution in [2.24, 2.45) is 0 Å². The molecule has 0 aliphatic carbocycles. The molecule has 0 atom stereocenters. The van der Waals surface area contributed by atoms with E-state index in [1.807, 2.05) is 4.90 Å². The predicted molar refractivity (Wildman–Crippen MR) is 114 cm³/mol. The summed E-state index contributed by atoms with van der Waals surface area (Å²) in [5.41, 5.74) is 1.64. The maximum absolute atomic E-state index is 14.9. The van der Waals surface area contributed by atoms with Gasteiger partial charge in [-0.25, -0.2) is 4.39 Å². The number of carbonyl (C=O) groups excluding carboxylic acids is 1. The molecule has 4 rings (SSSR count). The zero-order chi connectivity index (χ0) is 22.3. The third kappa shape index (κ3) is 5.07. The molecule has 166 valence electrons. The van der Waals surface area contributed by atoms with Crippen molar-refractivity contribution in [3.8, 4) is 23.6 Å². The van der Waals surface area contributed by atoms with Crippen LogP contribution in [0.25, 0.3) is 11.3 Å². The number of nitrogens with one attached hydrogen (secondary N) is 1. The molecule has 1 saturated heterocycles. The van der Waals surface area contributed by atoms with Crippen molar-refractivity contribution in [3.05, 3.63) is 48.2 Å². The number of halogens is 1. The Morgan fingerprint density at radius 2 is 2.06 bits per heavy atom. The van der Waals surface area contributed by atoms with E-state index >= 15 is 0 Å². The second kappa shape index (κ2) is 9.98. The summed E-state index contributed by atoms with van der Waals surface area (Å²) in [6.07, 6.45) is 6.58. The van der Waals surface area contributed by atoms with Crippen LogP contribution in [-0.2, 0) is 16.1 Å². The molecule has 1 aromatic carbocycles. The average molecular weight is 439 g/mol. The second-order valence-corrected chi connectivity index (χ2v) is 7.15. The Kier molecular flexibility index (Phi) is 6.67. The number of terminal acetylenes is 1. The van der Waals surface area contributed by atoms with Crippen LogP contribution in [0.5, 0.6) is 0 Å². The molecule has 1 aliphatic rings. The molecule has 1 aliphatic heterocycles. The molecule has 0 bridgehead atoms. The Bertz CT molecular complexity index is 1080. The van der Waals surface area contributed by atoms with Gasteiger partial charge in [0.05, 0.1) is 12.2 Å². The van der Waals surface area contributed by atoms with Gasteiger partial charge in [-0.05, 0) is 12.1 Å². The molecule has 1 amide bonds. The molecule has 10 heteroatoms. The van der Waals surface area contributed by atoms with Crippen LogP contribution in [0, 0.1) is 18.2 Å². The van der Waals surface area contributed by atoms with Crippen LogP contribution in [0.2, 0.25) is 0 Å². The first-order valence-corrected chi connectivity index (χ1v) is 10.1. The Labute approximate surface area is 184 Å². The van der Waals surface area contributed by atoms with Crippen LogP contribution in [0.4, 0.5) is 15.9 Å². The summed E-state index contributed by atoms with van der Waals surface area (Å²) in [7, 11) is 0. The summed E-state index contributed by atoms with van der Waals surface area (Å²) in [5.74, 6) is 3.02. The van der Waals surface area contributed by atoms with Gasteiger partial charge in [-0.3, -0.25) is 4.79 Å². The predicted octanol–water partition coefficient (Wildman–Crippen LogP) is 2.38. The monoisotopic (exact) mass is 439 g/mol. The van der Waals surface area contributed by atoms with Crippen molar-refractivity contribution < 1.29 is 23.0 Å². The smallest absolute Gasteiger partial charge is 0.248 e. The first-order chi connectivity index (χ1) is 15.6. The summed E-state index contributed by atoms with van der Waals surface area (Å²) in [4.78, 5) is 15.7. The Balaban J connectivity index is 1.34. The van der Waals surface area contributed by atoms with E-state index in [0.29, 0.717) is 61.2 Å². The van der Waals surface area contributed by atoms with Crippen LogP contribution in [0.15, 0.2) is 45.6 Å². The van der Waals surface area contributed by atoms with Gasteiger partial charge in [0.1, 0.15) is 31.0 Å². The Hall–Kier alpha value is -3.84. The molecule has 1 fully saturated rings. The van der Waals surface area contributed by atoms with E-state index in [4.69, 9.17) is 20.2 Å². The zero-order valence-electron chi connectivity index (χ0n) is 17.3. The van der Waals surface area contributed by atoms with Crippen molar-refractivity contribution in [1.29, 1.82) is 0 Å². The largest absolute Gasteiger partial charge is 0.366 e. The highest BCUT2D eigenvalue weighted by atomic mass is 19.1. The highest BCUT2D eigenvalue weighted by Crippen LogP contribution is 2.27. The molecule has 0 radical (unpaired) electrons. The fourth-order valence-corrected chi connectivity index (χ4v) is 3.42. The fourth-order valence-electron chi connectivity index (χ4n) is 3.42. The fraction of sp³-hybridized carbons (Fsp3) is 0.318. The highest BCUT2D eigenvalue weighted by molar-refractivity contribution is 5.77. The lowest BCUT2D eigenvalue weighted by Crippen LogP contribution is -2.50. The third-order valence-corrected chi connectivity index (χ3v) is 5.07. The van der Waals surface area contributed by atoms with Gasteiger partial charge in [0.25, 0.3) is 0 Å². The molecular weight excluding hydrogens is 417 g/mol. The second-order valence-electron chi connectivity index (χ2n) is 7.15. The zero-order valence-corrected chi connectivity index (χ0v) is 17.3. The normalized spacial score (nSPS) is 13.8. The molecule has 0 saturated carbocycles. The van der Waals surface area contributed by atoms with E-state index in [2.05, 4.69) is 21.6 Å². The van der Waals surface area contributed by atoms with Crippen LogP contribution in [0.3, 0.4) is 0 Å². The van der Waals surface area contributed by atoms with E-state index < -0.39 is 0 Å². The van der Waals surface area contributed by atoms with Gasteiger partial charge in [-0.2, -0.15) is 0 Å². The number of anilines is 2. The van der Waals surface area contributed by atoms with Gasteiger partial charge in [0.2, 0.25) is 5.91 Å². The minimum Gasteiger partial charge on any atom is -0.366 e. The summed E-state index contributed by atoms with van der Waals surface area (Å²) >= 11 is 0. The van der Waals surface area contributed by atoms with Crippen molar-refractivity contribution in [1.82, 2.24) is 15.2 Å². The number of amides is 1. The number of nitrogens with zero attached hydrogens (tertiary/aromatic N) is 4. The van der Waals surface area contributed by atoms with Crippen LogP contribution in [0.1, 0.15) is 5.76 Å². The maximum Gasteiger partial charge on any atom is 0.248 e. The number of piperazine rings is 1. The van der Waals surface area contributed by atoms with Crippen LogP contribution in [-0.4, -0.2) is 60.5 Å². The Morgan fingerprint density at radius 3 is 2.78 bits per heavy atom. The van der Waals surface area contributed by atoms with Crippen LogP contribution < -0.4 is 10.2 Å². The van der Waals surface area contributed by atoms with E-state index in [-0.39, 0.29) is 24.9 Å². The van der Waals surface area contributed by atoms with Crippen molar-refractivity contribution in [2.45, 2.75) is 6.54 Å². The number of benzene rings is 1. The minimum atomic E-state index is -0.357. The quantitative estimate of drug-likeness (QED) is 0.422. The number of aromatic nitrogens is 2. The van der Waals surface area contributed by atoms with Gasteiger partial charge in [-0.15, -0.1) is 6.42 Å². The molecule has 9 nitrogen and oxygen atoms in total. The Morgan fingerprint density at radius 1 is 1.22 bits per heavy atom. The lowest BCUT2D eigenvalue weighted by atomic mass is 10.1. The maximum atomic E-state index is 14.9. The number of hydrogen-bond acceptors (Lipinski definition) is 8. The van der Waals surface area contributed by atoms with Crippen LogP contribution >= 0.6 is 0 Å². The topological polar surface area (TPSA) is 96.9 Å². The number of rotatable bonds is 8. The standard InChI is InChI=1S/C22H22FN5O4/c1-2-10-30-15-22(29)28-8-6-27(7-9-28)20-4-3-16(12-18(20)23)19-13-17(32-25-19)14-24-21-5-11-31-26-21/h1,3-5,11-13H,6-10,14-15H2,(H,24,26). The summed E-state index contributed by atoms with van der Waals surface area (Å²) in [6.45, 7) is 2.47. The molecule has 0 spiro atoms. The molecule has 32 heavy (non-hydrogen) atoms. The number of carbonyl (C=O) groups is 1. The van der Waals surface area contributed by atoms with E-state index in [1.54, 1.807) is 29.2 Å². The SMILES string of the molecule is C#CCOCC(=O)N1CCN(c2ccc(-c3cc(CNc4ccon4)on3)cc2F)CC1. The van der Waals surface area contributed by atoms with E-state index in [0.717, 1.165) is 0 Å². The minimum absolute atomic E-state index is 0.0406. The van der Waals surface area contributed by atoms with Gasteiger partial charge >= 0.3 is 0 Å². The lowest BCUT2D eigenvalue weighted by Gasteiger charge is -2.36. The first kappa shape index (κ1) is 21.4. The third-order valence-electron chi connectivity index (χ3n) is 5.07. The summed E-state index contributed by atoms with van der Waals surface area (Å²) < 4.78 is 30.0. The summed E-state index contributed by atoms with van der Waals surface area (Å²) in [6, 6.07) is 8.39. The van der Waals surface area contributed by atoms with E-state index in [9.17, 15) is 9.18 Å². The molecule has 0 unspecified atom stereocenters. The van der Waals surface area contributed by atoms with Gasteiger partial charge in [-0.1, -0.05) is 22.3 Å². The molecule has 3 heterocycles. The highest BCUT2D eigenvalue weighted by Gasteiger charge is 2.23. The molecular formula is C22H22FN5O4. The molecule has 2 aromatic heterocycles. The van der Waals surface area contributed by atoms with Crippen molar-refractivity contribution in [2.75, 3.05) is 49.6 Å². The van der Waals surface area contributed by atoms with E-state index in [1.165, 1.54) is 12.3 Å². The number of ether oxygens (including phenoxy) is 1. The molecule has 3 aromatic rings. The average Bonchev–Trinajstić information content (AvgIpc) is 3.50. The van der Waals surface area contributed by atoms with Gasteiger partial charge in [0, 0.05) is 43.9 Å².